The zero-order valence-corrected chi connectivity index (χ0v) is 16.9. The molecule has 2 aromatic heterocycles. The SMILES string of the molecule is CCCc1nc2cc3c(Nc4ccccc4)ncnc3cc2n1C1CCCCC1. The molecule has 0 spiro atoms. The second-order valence-electron chi connectivity index (χ2n) is 8.01. The maximum absolute atomic E-state index is 5.06. The van der Waals surface area contributed by atoms with Crippen LogP contribution in [-0.2, 0) is 6.42 Å². The van der Waals surface area contributed by atoms with Crippen molar-refractivity contribution in [1.82, 2.24) is 19.5 Å². The molecule has 1 aliphatic carbocycles. The first kappa shape index (κ1) is 18.1. The lowest BCUT2D eigenvalue weighted by Crippen LogP contribution is -2.15. The molecule has 1 aliphatic rings. The van der Waals surface area contributed by atoms with Crippen LogP contribution in [0, 0.1) is 0 Å². The lowest BCUT2D eigenvalue weighted by atomic mass is 9.95. The predicted molar refractivity (Wildman–Crippen MR) is 119 cm³/mol. The predicted octanol–water partition coefficient (Wildman–Crippen LogP) is 6.18. The maximum atomic E-state index is 5.06. The zero-order chi connectivity index (χ0) is 19.6. The molecular weight excluding hydrogens is 358 g/mol. The minimum Gasteiger partial charge on any atom is -0.340 e. The third kappa shape index (κ3) is 3.46. The Morgan fingerprint density at radius 1 is 1.00 bits per heavy atom. The van der Waals surface area contributed by atoms with Crippen molar-refractivity contribution in [2.75, 3.05) is 5.32 Å². The fourth-order valence-electron chi connectivity index (χ4n) is 4.60. The number of benzene rings is 2. The summed E-state index contributed by atoms with van der Waals surface area (Å²) in [4.78, 5) is 14.1. The third-order valence-electron chi connectivity index (χ3n) is 5.97. The largest absolute Gasteiger partial charge is 0.340 e. The average Bonchev–Trinajstić information content (AvgIpc) is 3.11. The average molecular weight is 386 g/mol. The number of aromatic nitrogens is 4. The van der Waals surface area contributed by atoms with Crippen LogP contribution in [0.4, 0.5) is 11.5 Å². The van der Waals surface area contributed by atoms with E-state index in [1.165, 1.54) is 43.4 Å². The molecule has 5 nitrogen and oxygen atoms in total. The Bertz CT molecular complexity index is 1130. The Labute approximate surface area is 171 Å². The van der Waals surface area contributed by atoms with Gasteiger partial charge in [-0.1, -0.05) is 44.4 Å². The number of hydrogen-bond donors (Lipinski definition) is 1. The number of rotatable bonds is 5. The number of hydrogen-bond acceptors (Lipinski definition) is 4. The van der Waals surface area contributed by atoms with Gasteiger partial charge in [-0.25, -0.2) is 15.0 Å². The molecule has 0 aliphatic heterocycles. The summed E-state index contributed by atoms with van der Waals surface area (Å²) in [6.07, 6.45) is 10.3. The first-order chi connectivity index (χ1) is 14.3. The maximum Gasteiger partial charge on any atom is 0.141 e. The molecule has 0 atom stereocenters. The molecule has 0 radical (unpaired) electrons. The Morgan fingerprint density at radius 3 is 2.62 bits per heavy atom. The minimum absolute atomic E-state index is 0.566. The van der Waals surface area contributed by atoms with Crippen LogP contribution in [0.25, 0.3) is 21.9 Å². The molecular formula is C24H27N5. The van der Waals surface area contributed by atoms with E-state index < -0.39 is 0 Å². The Hall–Kier alpha value is -2.95. The highest BCUT2D eigenvalue weighted by Gasteiger charge is 2.22. The highest BCUT2D eigenvalue weighted by atomic mass is 15.1. The molecule has 29 heavy (non-hydrogen) atoms. The summed E-state index contributed by atoms with van der Waals surface area (Å²) in [6.45, 7) is 2.23. The first-order valence-electron chi connectivity index (χ1n) is 10.8. The Morgan fingerprint density at radius 2 is 1.83 bits per heavy atom. The van der Waals surface area contributed by atoms with E-state index in [9.17, 15) is 0 Å². The van der Waals surface area contributed by atoms with Gasteiger partial charge >= 0.3 is 0 Å². The normalized spacial score (nSPS) is 15.2. The van der Waals surface area contributed by atoms with Gasteiger partial charge in [0.25, 0.3) is 0 Å². The lowest BCUT2D eigenvalue weighted by Gasteiger charge is -2.25. The van der Waals surface area contributed by atoms with Gasteiger partial charge in [0.1, 0.15) is 18.0 Å². The summed E-state index contributed by atoms with van der Waals surface area (Å²) < 4.78 is 2.52. The van der Waals surface area contributed by atoms with E-state index >= 15 is 0 Å². The highest BCUT2D eigenvalue weighted by Crippen LogP contribution is 2.35. The van der Waals surface area contributed by atoms with E-state index in [0.717, 1.165) is 40.8 Å². The van der Waals surface area contributed by atoms with E-state index in [-0.39, 0.29) is 0 Å². The van der Waals surface area contributed by atoms with Gasteiger partial charge < -0.3 is 9.88 Å². The molecule has 148 valence electrons. The van der Waals surface area contributed by atoms with Gasteiger partial charge in [0.15, 0.2) is 0 Å². The smallest absolute Gasteiger partial charge is 0.141 e. The lowest BCUT2D eigenvalue weighted by molar-refractivity contribution is 0.352. The molecule has 0 amide bonds. The second-order valence-corrected chi connectivity index (χ2v) is 8.01. The summed E-state index contributed by atoms with van der Waals surface area (Å²) in [5.74, 6) is 2.04. The molecule has 1 N–H and O–H groups in total. The van der Waals surface area contributed by atoms with Gasteiger partial charge in [0, 0.05) is 23.5 Å². The van der Waals surface area contributed by atoms with Crippen molar-refractivity contribution in [3.8, 4) is 0 Å². The Balaban J connectivity index is 1.64. The van der Waals surface area contributed by atoms with Crippen molar-refractivity contribution < 1.29 is 0 Å². The van der Waals surface area contributed by atoms with Gasteiger partial charge in [-0.15, -0.1) is 0 Å². The monoisotopic (exact) mass is 385 g/mol. The number of para-hydroxylation sites is 1. The number of aryl methyl sites for hydroxylation is 1. The number of anilines is 2. The van der Waals surface area contributed by atoms with Crippen LogP contribution in [0.15, 0.2) is 48.8 Å². The number of fused-ring (bicyclic) bond motifs is 2. The summed E-state index contributed by atoms with van der Waals surface area (Å²) in [5.41, 5.74) is 4.26. The van der Waals surface area contributed by atoms with Crippen LogP contribution in [0.1, 0.15) is 57.3 Å². The van der Waals surface area contributed by atoms with Crippen LogP contribution in [-0.4, -0.2) is 19.5 Å². The fourth-order valence-corrected chi connectivity index (χ4v) is 4.60. The summed E-state index contributed by atoms with van der Waals surface area (Å²) >= 11 is 0. The standard InChI is InChI=1S/C24H27N5/c1-2-9-23-28-21-14-19-20(15-22(21)29(23)18-12-7-4-8-13-18)25-16-26-24(19)27-17-10-5-3-6-11-17/h3,5-6,10-11,14-16,18H,2,4,7-9,12-13H2,1H3,(H,25,26,27). The molecule has 0 bridgehead atoms. The molecule has 0 saturated heterocycles. The molecule has 5 heteroatoms. The number of imidazole rings is 1. The molecule has 4 aromatic rings. The highest BCUT2D eigenvalue weighted by molar-refractivity contribution is 5.99. The molecule has 2 aromatic carbocycles. The summed E-state index contributed by atoms with van der Waals surface area (Å²) in [5, 5.41) is 4.45. The minimum atomic E-state index is 0.566. The van der Waals surface area contributed by atoms with Crippen molar-refractivity contribution in [1.29, 1.82) is 0 Å². The summed E-state index contributed by atoms with van der Waals surface area (Å²) in [7, 11) is 0. The van der Waals surface area contributed by atoms with Gasteiger partial charge in [0.05, 0.1) is 16.6 Å². The van der Waals surface area contributed by atoms with Gasteiger partial charge in [-0.2, -0.15) is 0 Å². The first-order valence-corrected chi connectivity index (χ1v) is 10.8. The van der Waals surface area contributed by atoms with Crippen LogP contribution in [0.5, 0.6) is 0 Å². The second kappa shape index (κ2) is 7.82. The molecule has 5 rings (SSSR count). The molecule has 1 fully saturated rings. The van der Waals surface area contributed by atoms with E-state index in [4.69, 9.17) is 4.98 Å². The van der Waals surface area contributed by atoms with Crippen LogP contribution in [0.2, 0.25) is 0 Å². The topological polar surface area (TPSA) is 55.6 Å². The van der Waals surface area contributed by atoms with E-state index in [1.54, 1.807) is 6.33 Å². The number of nitrogens with zero attached hydrogens (tertiary/aromatic N) is 4. The van der Waals surface area contributed by atoms with Crippen molar-refractivity contribution >= 4 is 33.4 Å². The van der Waals surface area contributed by atoms with E-state index in [0.29, 0.717) is 6.04 Å². The van der Waals surface area contributed by atoms with Crippen molar-refractivity contribution in [2.45, 2.75) is 57.9 Å². The van der Waals surface area contributed by atoms with Gasteiger partial charge in [-0.05, 0) is 43.5 Å². The molecule has 2 heterocycles. The van der Waals surface area contributed by atoms with Crippen LogP contribution in [0.3, 0.4) is 0 Å². The van der Waals surface area contributed by atoms with Crippen LogP contribution >= 0.6 is 0 Å². The van der Waals surface area contributed by atoms with Crippen molar-refractivity contribution in [3.05, 3.63) is 54.6 Å². The molecule has 0 unspecified atom stereocenters. The molecule has 1 saturated carbocycles. The van der Waals surface area contributed by atoms with Gasteiger partial charge in [-0.3, -0.25) is 0 Å². The third-order valence-corrected chi connectivity index (χ3v) is 5.97. The summed E-state index contributed by atoms with van der Waals surface area (Å²) in [6, 6.07) is 15.1. The quantitative estimate of drug-likeness (QED) is 0.445. The Kier molecular flexibility index (Phi) is 4.88. The van der Waals surface area contributed by atoms with Crippen LogP contribution < -0.4 is 5.32 Å². The fraction of sp³-hybridized carbons (Fsp3) is 0.375. The zero-order valence-electron chi connectivity index (χ0n) is 16.9. The van der Waals surface area contributed by atoms with Crippen molar-refractivity contribution in [3.63, 3.8) is 0 Å². The van der Waals surface area contributed by atoms with E-state index in [2.05, 4.69) is 38.9 Å². The van der Waals surface area contributed by atoms with Crippen molar-refractivity contribution in [2.24, 2.45) is 0 Å². The van der Waals surface area contributed by atoms with Gasteiger partial charge in [0.2, 0.25) is 0 Å². The number of nitrogens with one attached hydrogen (secondary N) is 1. The van der Waals surface area contributed by atoms with E-state index in [1.807, 2.05) is 30.3 Å².